The molecule has 1 unspecified atom stereocenters. The number of amides is 1. The Morgan fingerprint density at radius 3 is 3.26 bits per heavy atom. The molecule has 0 bridgehead atoms. The smallest absolute Gasteiger partial charge is 0.228 e. The highest BCUT2D eigenvalue weighted by molar-refractivity contribution is 5.72. The van der Waals surface area contributed by atoms with E-state index in [0.717, 1.165) is 25.3 Å². The summed E-state index contributed by atoms with van der Waals surface area (Å²) in [5.74, 6) is 1.53. The Bertz CT molecular complexity index is 667. The van der Waals surface area contributed by atoms with Crippen molar-refractivity contribution in [2.45, 2.75) is 25.9 Å². The Labute approximate surface area is 133 Å². The summed E-state index contributed by atoms with van der Waals surface area (Å²) in [6.07, 6.45) is 3.33. The van der Waals surface area contributed by atoms with Gasteiger partial charge < -0.3 is 19.9 Å². The van der Waals surface area contributed by atoms with Crippen molar-refractivity contribution in [2.24, 2.45) is 0 Å². The highest BCUT2D eigenvalue weighted by atomic mass is 16.5. The van der Waals surface area contributed by atoms with Crippen molar-refractivity contribution >= 4 is 5.91 Å². The number of ether oxygens (including phenoxy) is 1. The third-order valence-corrected chi connectivity index (χ3v) is 3.46. The average Bonchev–Trinajstić information content (AvgIpc) is 3.19. The number of carbonyl (C=O) groups is 1. The lowest BCUT2D eigenvalue weighted by Gasteiger charge is -2.12. The van der Waals surface area contributed by atoms with Crippen LogP contribution in [0, 0.1) is 0 Å². The van der Waals surface area contributed by atoms with Gasteiger partial charge in [-0.3, -0.25) is 9.78 Å². The minimum Gasteiger partial charge on any atom is -0.489 e. The van der Waals surface area contributed by atoms with E-state index < -0.39 is 0 Å². The molecule has 1 aliphatic rings. The largest absolute Gasteiger partial charge is 0.489 e. The summed E-state index contributed by atoms with van der Waals surface area (Å²) in [4.78, 5) is 19.4. The van der Waals surface area contributed by atoms with Crippen molar-refractivity contribution in [1.29, 1.82) is 0 Å². The second kappa shape index (κ2) is 7.19. The summed E-state index contributed by atoms with van der Waals surface area (Å²) < 4.78 is 11.1. The van der Waals surface area contributed by atoms with E-state index in [4.69, 9.17) is 9.26 Å². The molecule has 8 nitrogen and oxygen atoms in total. The van der Waals surface area contributed by atoms with E-state index in [-0.39, 0.29) is 12.0 Å². The van der Waals surface area contributed by atoms with Crippen molar-refractivity contribution in [2.75, 3.05) is 19.6 Å². The first-order valence-corrected chi connectivity index (χ1v) is 7.61. The molecule has 2 aromatic rings. The molecule has 1 fully saturated rings. The van der Waals surface area contributed by atoms with Gasteiger partial charge in [0.1, 0.15) is 17.5 Å². The number of carbonyl (C=O) groups excluding carboxylic acids is 1. The highest BCUT2D eigenvalue weighted by Crippen LogP contribution is 2.21. The van der Waals surface area contributed by atoms with E-state index >= 15 is 0 Å². The van der Waals surface area contributed by atoms with Gasteiger partial charge in [-0.1, -0.05) is 5.16 Å². The molecule has 0 aliphatic carbocycles. The van der Waals surface area contributed by atoms with Gasteiger partial charge in [0.15, 0.2) is 0 Å². The molecular formula is C15H19N5O3. The predicted molar refractivity (Wildman–Crippen MR) is 81.8 cm³/mol. The summed E-state index contributed by atoms with van der Waals surface area (Å²) in [6, 6.07) is 3.63. The third kappa shape index (κ3) is 4.26. The van der Waals surface area contributed by atoms with Crippen LogP contribution in [0.1, 0.15) is 19.2 Å². The number of pyridine rings is 1. The second-order valence-corrected chi connectivity index (χ2v) is 5.35. The van der Waals surface area contributed by atoms with Crippen molar-refractivity contribution < 1.29 is 14.1 Å². The number of aromatic nitrogens is 3. The lowest BCUT2D eigenvalue weighted by atomic mass is 10.3. The van der Waals surface area contributed by atoms with Gasteiger partial charge in [-0.05, 0) is 19.0 Å². The summed E-state index contributed by atoms with van der Waals surface area (Å²) in [6.45, 7) is 3.76. The Hall–Kier alpha value is -2.48. The van der Waals surface area contributed by atoms with Crippen LogP contribution >= 0.6 is 0 Å². The monoisotopic (exact) mass is 317 g/mol. The van der Waals surface area contributed by atoms with Crippen LogP contribution in [0.3, 0.4) is 0 Å². The minimum absolute atomic E-state index is 0.0855. The van der Waals surface area contributed by atoms with Gasteiger partial charge in [-0.25, -0.2) is 0 Å². The van der Waals surface area contributed by atoms with Crippen LogP contribution in [0.5, 0.6) is 5.75 Å². The van der Waals surface area contributed by atoms with Crippen LogP contribution in [-0.2, 0) is 11.2 Å². The number of hydrogen-bond donors (Lipinski definition) is 2. The molecule has 3 rings (SSSR count). The lowest BCUT2D eigenvalue weighted by Crippen LogP contribution is -2.22. The van der Waals surface area contributed by atoms with Crippen molar-refractivity contribution in [3.8, 4) is 17.3 Å². The fourth-order valence-corrected chi connectivity index (χ4v) is 2.33. The molecule has 0 radical (unpaired) electrons. The van der Waals surface area contributed by atoms with Crippen LogP contribution in [0.4, 0.5) is 0 Å². The summed E-state index contributed by atoms with van der Waals surface area (Å²) in [5.41, 5.74) is 0.600. The maximum Gasteiger partial charge on any atom is 0.228 e. The third-order valence-electron chi connectivity index (χ3n) is 3.46. The van der Waals surface area contributed by atoms with E-state index in [0.29, 0.717) is 30.4 Å². The molecule has 23 heavy (non-hydrogen) atoms. The van der Waals surface area contributed by atoms with E-state index in [1.165, 1.54) is 6.92 Å². The van der Waals surface area contributed by atoms with Crippen molar-refractivity contribution in [3.63, 3.8) is 0 Å². The molecule has 2 aromatic heterocycles. The van der Waals surface area contributed by atoms with Crippen molar-refractivity contribution in [1.82, 2.24) is 25.8 Å². The number of hydrogen-bond acceptors (Lipinski definition) is 7. The fraction of sp³-hybridized carbons (Fsp3) is 0.467. The summed E-state index contributed by atoms with van der Waals surface area (Å²) in [5, 5.41) is 9.87. The van der Waals surface area contributed by atoms with E-state index in [1.807, 2.05) is 6.07 Å². The van der Waals surface area contributed by atoms with E-state index in [2.05, 4.69) is 25.8 Å². The molecule has 2 N–H and O–H groups in total. The number of nitrogens with zero attached hydrogens (tertiary/aromatic N) is 3. The Morgan fingerprint density at radius 2 is 2.48 bits per heavy atom. The Balaban J connectivity index is 1.64. The Kier molecular flexibility index (Phi) is 4.82. The van der Waals surface area contributed by atoms with Crippen molar-refractivity contribution in [3.05, 3.63) is 24.2 Å². The van der Waals surface area contributed by atoms with E-state index in [9.17, 15) is 4.79 Å². The Morgan fingerprint density at radius 1 is 1.57 bits per heavy atom. The van der Waals surface area contributed by atoms with E-state index in [1.54, 1.807) is 12.3 Å². The molecule has 0 saturated carbocycles. The molecule has 1 atom stereocenters. The number of nitrogens with one attached hydrogen (secondary N) is 2. The molecule has 0 spiro atoms. The molecule has 122 valence electrons. The molecule has 8 heteroatoms. The molecule has 1 saturated heterocycles. The van der Waals surface area contributed by atoms with Crippen LogP contribution in [0.25, 0.3) is 11.5 Å². The number of rotatable bonds is 6. The van der Waals surface area contributed by atoms with Crippen LogP contribution < -0.4 is 15.4 Å². The van der Waals surface area contributed by atoms with Gasteiger partial charge >= 0.3 is 0 Å². The zero-order valence-corrected chi connectivity index (χ0v) is 12.9. The molecule has 1 amide bonds. The second-order valence-electron chi connectivity index (χ2n) is 5.35. The fourth-order valence-electron chi connectivity index (χ4n) is 2.33. The van der Waals surface area contributed by atoms with Crippen LogP contribution in [-0.4, -0.2) is 46.8 Å². The standard InChI is InChI=1S/C15H19N5O3/c1-10(21)17-7-4-14-19-15(20-23-14)13-8-11(3-6-18-13)22-12-2-5-16-9-12/h3,6,8,12,16H,2,4-5,7,9H2,1H3,(H,17,21). The predicted octanol–water partition coefficient (Wildman–Crippen LogP) is 0.551. The molecule has 1 aliphatic heterocycles. The molecular weight excluding hydrogens is 298 g/mol. The molecule has 0 aromatic carbocycles. The highest BCUT2D eigenvalue weighted by Gasteiger charge is 2.17. The van der Waals surface area contributed by atoms with Gasteiger partial charge in [0.2, 0.25) is 17.6 Å². The summed E-state index contributed by atoms with van der Waals surface area (Å²) >= 11 is 0. The van der Waals surface area contributed by atoms with Gasteiger partial charge in [-0.15, -0.1) is 0 Å². The topological polar surface area (TPSA) is 102 Å². The zero-order chi connectivity index (χ0) is 16.1. The first-order valence-electron chi connectivity index (χ1n) is 7.61. The zero-order valence-electron chi connectivity index (χ0n) is 12.9. The van der Waals surface area contributed by atoms with Crippen LogP contribution in [0.2, 0.25) is 0 Å². The van der Waals surface area contributed by atoms with Gasteiger partial charge in [-0.2, -0.15) is 4.98 Å². The van der Waals surface area contributed by atoms with Crippen LogP contribution in [0.15, 0.2) is 22.9 Å². The normalized spacial score (nSPS) is 17.2. The maximum atomic E-state index is 10.8. The molecule has 3 heterocycles. The first kappa shape index (κ1) is 15.4. The van der Waals surface area contributed by atoms with Gasteiger partial charge in [0, 0.05) is 38.7 Å². The minimum atomic E-state index is -0.0855. The SMILES string of the molecule is CC(=O)NCCc1nc(-c2cc(OC3CCNC3)ccn2)no1. The average molecular weight is 317 g/mol. The summed E-state index contributed by atoms with van der Waals surface area (Å²) in [7, 11) is 0. The van der Waals surface area contributed by atoms with Gasteiger partial charge in [0.05, 0.1) is 0 Å². The van der Waals surface area contributed by atoms with Gasteiger partial charge in [0.25, 0.3) is 0 Å². The quantitative estimate of drug-likeness (QED) is 0.802. The maximum absolute atomic E-state index is 10.8. The lowest BCUT2D eigenvalue weighted by molar-refractivity contribution is -0.118. The first-order chi connectivity index (χ1) is 11.2.